The first-order valence-corrected chi connectivity index (χ1v) is 14.3. The summed E-state index contributed by atoms with van der Waals surface area (Å²) in [5.41, 5.74) is 6.53. The maximum absolute atomic E-state index is 12.5. The molecule has 0 fully saturated rings. The van der Waals surface area contributed by atoms with Crippen molar-refractivity contribution >= 4 is 23.9 Å². The van der Waals surface area contributed by atoms with Crippen molar-refractivity contribution in [2.75, 3.05) is 0 Å². The van der Waals surface area contributed by atoms with Crippen LogP contribution < -0.4 is 15.2 Å². The molecule has 9 heteroatoms. The Hall–Kier alpha value is -2.94. The largest absolute Gasteiger partial charge is 0.480 e. The van der Waals surface area contributed by atoms with Gasteiger partial charge in [0.15, 0.2) is 11.5 Å². The lowest BCUT2D eigenvalue weighted by molar-refractivity contribution is -0.153. The average molecular weight is 550 g/mol. The van der Waals surface area contributed by atoms with Gasteiger partial charge in [-0.2, -0.15) is 0 Å². The Balaban J connectivity index is 3.26. The maximum Gasteiger partial charge on any atom is 0.321 e. The van der Waals surface area contributed by atoms with Crippen LogP contribution in [-0.2, 0) is 23.9 Å². The number of ether oxygens (including phenoxy) is 3. The van der Waals surface area contributed by atoms with E-state index in [4.69, 9.17) is 19.9 Å². The molecule has 1 aromatic carbocycles. The van der Waals surface area contributed by atoms with Gasteiger partial charge in [0.2, 0.25) is 0 Å². The van der Waals surface area contributed by atoms with Gasteiger partial charge in [0.25, 0.3) is 0 Å². The normalized spacial score (nSPS) is 14.1. The van der Waals surface area contributed by atoms with Crippen LogP contribution >= 0.6 is 0 Å². The van der Waals surface area contributed by atoms with Gasteiger partial charge in [0.05, 0.1) is 12.0 Å². The second-order valence-corrected chi connectivity index (χ2v) is 10.2. The second-order valence-electron chi connectivity index (χ2n) is 10.2. The first-order valence-electron chi connectivity index (χ1n) is 14.3. The summed E-state index contributed by atoms with van der Waals surface area (Å²) >= 11 is 0. The van der Waals surface area contributed by atoms with Crippen LogP contribution in [-0.4, -0.2) is 41.1 Å². The number of hydrogen-bond donors (Lipinski definition) is 2. The summed E-state index contributed by atoms with van der Waals surface area (Å²) in [5, 5.41) is 9.69. The molecule has 0 saturated heterocycles. The van der Waals surface area contributed by atoms with E-state index in [-0.39, 0.29) is 42.6 Å². The molecule has 0 saturated carbocycles. The first-order chi connectivity index (χ1) is 18.5. The van der Waals surface area contributed by atoms with Crippen LogP contribution in [0.3, 0.4) is 0 Å². The van der Waals surface area contributed by atoms with Crippen molar-refractivity contribution in [3.05, 3.63) is 23.8 Å². The van der Waals surface area contributed by atoms with Crippen LogP contribution in [0.5, 0.6) is 11.5 Å². The zero-order chi connectivity index (χ0) is 29.4. The third-order valence-corrected chi connectivity index (χ3v) is 6.56. The molecule has 0 aliphatic rings. The third-order valence-electron chi connectivity index (χ3n) is 6.56. The lowest BCUT2D eigenvalue weighted by atomic mass is 9.87. The SMILES string of the molecule is CCCCCC(=O)Oc1ccc(C(CC(C)OC(=O)C(C)CCC)[C@H](N)C(=O)O)cc1OC(=O)CCCCC. The molecule has 0 radical (unpaired) electrons. The van der Waals surface area contributed by atoms with Crippen LogP contribution in [0.15, 0.2) is 18.2 Å². The van der Waals surface area contributed by atoms with Crippen molar-refractivity contribution in [3.8, 4) is 11.5 Å². The van der Waals surface area contributed by atoms with E-state index in [1.54, 1.807) is 19.9 Å². The van der Waals surface area contributed by atoms with Gasteiger partial charge in [-0.15, -0.1) is 0 Å². The number of carboxylic acid groups (broad SMARTS) is 1. The lowest BCUT2D eigenvalue weighted by Crippen LogP contribution is -2.38. The van der Waals surface area contributed by atoms with Crippen molar-refractivity contribution in [2.24, 2.45) is 11.7 Å². The monoisotopic (exact) mass is 549 g/mol. The number of unbranched alkanes of at least 4 members (excludes halogenated alkanes) is 4. The molecule has 0 aromatic heterocycles. The number of rotatable bonds is 19. The molecule has 0 amide bonds. The summed E-state index contributed by atoms with van der Waals surface area (Å²) in [5.74, 6) is -3.41. The van der Waals surface area contributed by atoms with E-state index in [1.807, 2.05) is 20.8 Å². The number of hydrogen-bond acceptors (Lipinski definition) is 8. The zero-order valence-corrected chi connectivity index (χ0v) is 24.2. The number of aliphatic carboxylic acids is 1. The average Bonchev–Trinajstić information content (AvgIpc) is 2.88. The van der Waals surface area contributed by atoms with E-state index in [2.05, 4.69) is 0 Å². The molecule has 0 bridgehead atoms. The summed E-state index contributed by atoms with van der Waals surface area (Å²) in [6, 6.07) is 3.28. The van der Waals surface area contributed by atoms with E-state index in [0.717, 1.165) is 32.1 Å². The third kappa shape index (κ3) is 12.6. The highest BCUT2D eigenvalue weighted by atomic mass is 16.6. The van der Waals surface area contributed by atoms with Gasteiger partial charge in [-0.3, -0.25) is 19.2 Å². The highest BCUT2D eigenvalue weighted by molar-refractivity contribution is 5.77. The van der Waals surface area contributed by atoms with E-state index >= 15 is 0 Å². The quantitative estimate of drug-likeness (QED) is 0.122. The number of esters is 3. The maximum atomic E-state index is 12.5. The standard InChI is InChI=1S/C30H47NO8/c1-6-9-11-14-26(32)38-24-17-16-22(19-25(24)39-27(33)15-12-10-7-2)23(28(31)29(34)35)18-21(5)37-30(36)20(4)13-8-3/h16-17,19-21,23,28H,6-15,18,31H2,1-5H3,(H,34,35)/t20?,21?,23?,28-/m0/s1. The van der Waals surface area contributed by atoms with Gasteiger partial charge in [-0.25, -0.2) is 0 Å². The molecule has 0 aliphatic carbocycles. The molecule has 4 atom stereocenters. The van der Waals surface area contributed by atoms with Gasteiger partial charge >= 0.3 is 23.9 Å². The summed E-state index contributed by atoms with van der Waals surface area (Å²) in [7, 11) is 0. The number of carboxylic acids is 1. The summed E-state index contributed by atoms with van der Waals surface area (Å²) in [6.07, 6.45) is 6.49. The number of carbonyl (C=O) groups is 4. The smallest absolute Gasteiger partial charge is 0.321 e. The van der Waals surface area contributed by atoms with Crippen LogP contribution in [0.1, 0.15) is 117 Å². The summed E-state index contributed by atoms with van der Waals surface area (Å²) in [4.78, 5) is 49.2. The van der Waals surface area contributed by atoms with Gasteiger partial charge in [-0.05, 0) is 50.3 Å². The Morgan fingerprint density at radius 2 is 1.41 bits per heavy atom. The van der Waals surface area contributed by atoms with Crippen molar-refractivity contribution in [1.29, 1.82) is 0 Å². The molecule has 1 rings (SSSR count). The fourth-order valence-corrected chi connectivity index (χ4v) is 4.24. The predicted octanol–water partition coefficient (Wildman–Crippen LogP) is 5.91. The molecule has 0 spiro atoms. The Morgan fingerprint density at radius 3 is 1.92 bits per heavy atom. The van der Waals surface area contributed by atoms with Crippen molar-refractivity contribution in [2.45, 2.75) is 123 Å². The lowest BCUT2D eigenvalue weighted by Gasteiger charge is -2.26. The molecule has 0 aliphatic heterocycles. The van der Waals surface area contributed by atoms with E-state index < -0.39 is 36.0 Å². The molecular formula is C30H47NO8. The van der Waals surface area contributed by atoms with Gasteiger partial charge in [0.1, 0.15) is 6.04 Å². The Bertz CT molecular complexity index is 932. The minimum absolute atomic E-state index is 0.0293. The Morgan fingerprint density at radius 1 is 0.846 bits per heavy atom. The molecule has 1 aromatic rings. The van der Waals surface area contributed by atoms with Crippen LogP contribution in [0.2, 0.25) is 0 Å². The number of nitrogens with two attached hydrogens (primary N) is 1. The fourth-order valence-electron chi connectivity index (χ4n) is 4.24. The van der Waals surface area contributed by atoms with Crippen LogP contribution in [0.4, 0.5) is 0 Å². The predicted molar refractivity (Wildman–Crippen MR) is 149 cm³/mol. The Kier molecular flexibility index (Phi) is 16.1. The van der Waals surface area contributed by atoms with E-state index in [1.165, 1.54) is 12.1 Å². The highest BCUT2D eigenvalue weighted by Gasteiger charge is 2.30. The minimum Gasteiger partial charge on any atom is -0.480 e. The van der Waals surface area contributed by atoms with Crippen molar-refractivity contribution in [1.82, 2.24) is 0 Å². The van der Waals surface area contributed by atoms with E-state index in [0.29, 0.717) is 24.8 Å². The molecule has 3 unspecified atom stereocenters. The van der Waals surface area contributed by atoms with E-state index in [9.17, 15) is 24.3 Å². The topological polar surface area (TPSA) is 142 Å². The first kappa shape index (κ1) is 34.1. The zero-order valence-electron chi connectivity index (χ0n) is 24.2. The molecule has 3 N–H and O–H groups in total. The van der Waals surface area contributed by atoms with Gasteiger partial charge in [-0.1, -0.05) is 65.9 Å². The summed E-state index contributed by atoms with van der Waals surface area (Å²) < 4.78 is 16.7. The molecule has 0 heterocycles. The van der Waals surface area contributed by atoms with Gasteiger partial charge < -0.3 is 25.1 Å². The van der Waals surface area contributed by atoms with Crippen LogP contribution in [0, 0.1) is 5.92 Å². The minimum atomic E-state index is -1.31. The number of benzene rings is 1. The van der Waals surface area contributed by atoms with Crippen LogP contribution in [0.25, 0.3) is 0 Å². The van der Waals surface area contributed by atoms with Crippen molar-refractivity contribution < 1.29 is 38.5 Å². The number of carbonyl (C=O) groups excluding carboxylic acids is 3. The molecule has 220 valence electrons. The summed E-state index contributed by atoms with van der Waals surface area (Å²) in [6.45, 7) is 9.53. The molecular weight excluding hydrogens is 502 g/mol. The Labute approximate surface area is 232 Å². The molecule has 9 nitrogen and oxygen atoms in total. The highest BCUT2D eigenvalue weighted by Crippen LogP contribution is 2.35. The van der Waals surface area contributed by atoms with Gasteiger partial charge in [0, 0.05) is 18.8 Å². The fraction of sp³-hybridized carbons (Fsp3) is 0.667. The molecule has 39 heavy (non-hydrogen) atoms. The second kappa shape index (κ2) is 18.4. The van der Waals surface area contributed by atoms with Crippen molar-refractivity contribution in [3.63, 3.8) is 0 Å².